The van der Waals surface area contributed by atoms with Crippen LogP contribution in [0.4, 0.5) is 0 Å². The monoisotopic (exact) mass is 234 g/mol. The molecule has 0 saturated carbocycles. The van der Waals surface area contributed by atoms with E-state index >= 15 is 0 Å². The van der Waals surface area contributed by atoms with Gasteiger partial charge in [-0.2, -0.15) is 0 Å². The van der Waals surface area contributed by atoms with Crippen LogP contribution in [0.25, 0.3) is 0 Å². The first-order valence-corrected chi connectivity index (χ1v) is 0. The van der Waals surface area contributed by atoms with Crippen molar-refractivity contribution in [2.24, 2.45) is 0 Å². The van der Waals surface area contributed by atoms with Crippen LogP contribution in [0.2, 0.25) is 0 Å². The van der Waals surface area contributed by atoms with Gasteiger partial charge in [0.1, 0.15) is 0 Å². The van der Waals surface area contributed by atoms with Crippen LogP contribution >= 0.6 is 0 Å². The Morgan fingerprint density at radius 1 is 0.667 bits per heavy atom. The second kappa shape index (κ2) is 51.7. The molecule has 0 nitrogen and oxygen atoms in total. The maximum atomic E-state index is 0. The molecule has 34 valence electrons. The van der Waals surface area contributed by atoms with E-state index in [9.17, 15) is 0 Å². The van der Waals surface area contributed by atoms with Crippen molar-refractivity contribution in [3.8, 4) is 0 Å². The summed E-state index contributed by atoms with van der Waals surface area (Å²) in [7, 11) is 0. The molecule has 0 atom stereocenters. The van der Waals surface area contributed by atoms with Crippen LogP contribution in [0, 0.1) is 14.9 Å². The molecule has 0 aliphatic rings. The minimum atomic E-state index is 0. The third-order valence-corrected chi connectivity index (χ3v) is 0. The van der Waals surface area contributed by atoms with Gasteiger partial charge in [0.05, 0.1) is 0 Å². The Hall–Kier alpha value is 2.44. The van der Waals surface area contributed by atoms with Gasteiger partial charge in [-0.15, -0.1) is 0 Å². The van der Waals surface area contributed by atoms with E-state index in [1.165, 1.54) is 0 Å². The summed E-state index contributed by atoms with van der Waals surface area (Å²) in [6.45, 7) is 0. The largest absolute Gasteiger partial charge is 1.00 e. The van der Waals surface area contributed by atoms with Crippen LogP contribution in [0.15, 0.2) is 0 Å². The molecule has 0 aliphatic carbocycles. The zero-order valence-electron chi connectivity index (χ0n) is 4.68. The summed E-state index contributed by atoms with van der Waals surface area (Å²) in [6.07, 6.45) is 0. The summed E-state index contributed by atoms with van der Waals surface area (Å²) >= 11 is 0. The van der Waals surface area contributed by atoms with E-state index in [-0.39, 0.29) is 93.6 Å². The van der Waals surface area contributed by atoms with Crippen molar-refractivity contribution >= 4 is 0 Å². The third-order valence-electron chi connectivity index (χ3n) is 0. The summed E-state index contributed by atoms with van der Waals surface area (Å²) in [5.74, 6) is 0. The van der Waals surface area contributed by atoms with Crippen LogP contribution in [-0.4, -0.2) is 0 Å². The molecule has 0 aromatic carbocycles. The molecule has 0 saturated heterocycles. The van der Waals surface area contributed by atoms with E-state index in [1.807, 2.05) is 0 Å². The Bertz CT molecular complexity index is 11.5. The molecule has 0 spiro atoms. The molecule has 0 N–H and O–H groups in total. The maximum absolute atomic E-state index is 0. The smallest absolute Gasteiger partial charge is 1.00 e. The standard InChI is InChI=1S/2CH3.Cu.HI.2Li/h2*1H3;;1H;;/q2*-1;+1;;2*+1/p-1. The van der Waals surface area contributed by atoms with E-state index < -0.39 is 0 Å². The molecule has 6 heavy (non-hydrogen) atoms. The molecule has 0 amide bonds. The Labute approximate surface area is 92.4 Å². The maximum Gasteiger partial charge on any atom is 1.00 e. The van der Waals surface area contributed by atoms with Crippen molar-refractivity contribution in [1.29, 1.82) is 0 Å². The van der Waals surface area contributed by atoms with Crippen molar-refractivity contribution in [2.75, 3.05) is 0 Å². The fraction of sp³-hybridized carbons (Fsp3) is 0. The van der Waals surface area contributed by atoms with Gasteiger partial charge in [-0.05, 0) is 0 Å². The summed E-state index contributed by atoms with van der Waals surface area (Å²) in [6, 6.07) is 0. The molecule has 0 aromatic heterocycles. The van der Waals surface area contributed by atoms with Gasteiger partial charge in [0, 0.05) is 0 Å². The van der Waals surface area contributed by atoms with Crippen LogP contribution in [-0.2, 0) is 17.1 Å². The van der Waals surface area contributed by atoms with Crippen molar-refractivity contribution in [3.63, 3.8) is 0 Å². The van der Waals surface area contributed by atoms with Gasteiger partial charge in [-0.25, -0.2) is 0 Å². The third kappa shape index (κ3) is 32.0. The summed E-state index contributed by atoms with van der Waals surface area (Å²) in [4.78, 5) is 0. The summed E-state index contributed by atoms with van der Waals surface area (Å²) in [5, 5.41) is 0. The first-order valence-electron chi connectivity index (χ1n) is 0. The normalized spacial score (nSPS) is 0. The van der Waals surface area contributed by atoms with Gasteiger partial charge >= 0.3 is 54.8 Å². The zero-order chi connectivity index (χ0) is 0. The van der Waals surface area contributed by atoms with Crippen LogP contribution in [0.5, 0.6) is 0 Å². The molecule has 0 heterocycles. The van der Waals surface area contributed by atoms with Gasteiger partial charge in [0.25, 0.3) is 0 Å². The molecular weight excluding hydrogens is 228 g/mol. The molecule has 0 aliphatic heterocycles. The van der Waals surface area contributed by atoms with Crippen molar-refractivity contribution < 1.29 is 78.8 Å². The van der Waals surface area contributed by atoms with Crippen molar-refractivity contribution in [1.82, 2.24) is 0 Å². The minimum absolute atomic E-state index is 0. The number of hydrogen-bond acceptors (Lipinski definition) is 0. The van der Waals surface area contributed by atoms with Crippen LogP contribution < -0.4 is 61.7 Å². The molecular formula is C2H6CuILi2. The van der Waals surface area contributed by atoms with E-state index in [0.29, 0.717) is 0 Å². The van der Waals surface area contributed by atoms with Gasteiger partial charge in [-0.3, -0.25) is 0 Å². The van der Waals surface area contributed by atoms with Gasteiger partial charge in [-0.1, -0.05) is 0 Å². The van der Waals surface area contributed by atoms with E-state index in [1.54, 1.807) is 0 Å². The molecule has 0 rings (SSSR count). The second-order valence-electron chi connectivity index (χ2n) is 0. The molecule has 4 heteroatoms. The Morgan fingerprint density at radius 2 is 0.667 bits per heavy atom. The first kappa shape index (κ1) is 78.3. The average Bonchev–Trinajstić information content (AvgIpc) is 0. The predicted octanol–water partition coefficient (Wildman–Crippen LogP) is -8.09. The van der Waals surface area contributed by atoms with Gasteiger partial charge in [0.2, 0.25) is 0 Å². The number of hydrogen-bond donors (Lipinski definition) is 0. The number of halogens is 1. The molecule has 0 bridgehead atoms. The first-order chi connectivity index (χ1) is 0. The van der Waals surface area contributed by atoms with Gasteiger partial charge < -0.3 is 38.8 Å². The minimum Gasteiger partial charge on any atom is -1.00 e. The SMILES string of the molecule is [CH3-].[CH3-].[Cu+].[I-].[Li+].[Li+]. The Morgan fingerprint density at radius 3 is 0.667 bits per heavy atom. The molecule has 0 aromatic rings. The zero-order valence-corrected chi connectivity index (χ0v) is 7.78. The van der Waals surface area contributed by atoms with Crippen molar-refractivity contribution in [2.45, 2.75) is 0 Å². The van der Waals surface area contributed by atoms with Crippen LogP contribution in [0.3, 0.4) is 0 Å². The molecule has 0 fully saturated rings. The molecule has 0 radical (unpaired) electrons. The second-order valence-corrected chi connectivity index (χ2v) is 0. The van der Waals surface area contributed by atoms with Crippen molar-refractivity contribution in [3.05, 3.63) is 14.9 Å². The number of rotatable bonds is 0. The van der Waals surface area contributed by atoms with E-state index in [2.05, 4.69) is 0 Å². The average molecular weight is 234 g/mol. The van der Waals surface area contributed by atoms with Crippen LogP contribution in [0.1, 0.15) is 0 Å². The van der Waals surface area contributed by atoms with E-state index in [4.69, 9.17) is 0 Å². The Balaban J connectivity index is 0. The topological polar surface area (TPSA) is 0 Å². The molecule has 0 unspecified atom stereocenters. The quantitative estimate of drug-likeness (QED) is 0.222. The fourth-order valence-corrected chi connectivity index (χ4v) is 0. The summed E-state index contributed by atoms with van der Waals surface area (Å²) in [5.41, 5.74) is 0. The Kier molecular flexibility index (Phi) is 675. The predicted molar refractivity (Wildman–Crippen MR) is 12.8 cm³/mol. The van der Waals surface area contributed by atoms with E-state index in [0.717, 1.165) is 0 Å². The fourth-order valence-electron chi connectivity index (χ4n) is 0. The summed E-state index contributed by atoms with van der Waals surface area (Å²) < 4.78 is 0. The van der Waals surface area contributed by atoms with Gasteiger partial charge in [0.15, 0.2) is 0 Å².